The van der Waals surface area contributed by atoms with Crippen molar-refractivity contribution in [2.75, 3.05) is 40.2 Å². The van der Waals surface area contributed by atoms with Crippen LogP contribution >= 0.6 is 0 Å². The molecule has 1 amide bonds. The average Bonchev–Trinajstić information content (AvgIpc) is 2.45. The smallest absolute Gasteiger partial charge is 0.279 e. The van der Waals surface area contributed by atoms with Crippen molar-refractivity contribution in [1.82, 2.24) is 9.03 Å². The summed E-state index contributed by atoms with van der Waals surface area (Å²) in [5, 5.41) is 2.56. The van der Waals surface area contributed by atoms with E-state index in [-0.39, 0.29) is 6.54 Å². The molecule has 0 fully saturated rings. The third-order valence-corrected chi connectivity index (χ3v) is 4.05. The summed E-state index contributed by atoms with van der Waals surface area (Å²) >= 11 is 0. The lowest BCUT2D eigenvalue weighted by atomic mass is 10.2. The van der Waals surface area contributed by atoms with Gasteiger partial charge in [-0.15, -0.1) is 0 Å². The first-order chi connectivity index (χ1) is 9.80. The summed E-state index contributed by atoms with van der Waals surface area (Å²) in [5.41, 5.74) is 0.394. The molecule has 0 bridgehead atoms. The van der Waals surface area contributed by atoms with E-state index in [9.17, 15) is 13.2 Å². The van der Waals surface area contributed by atoms with E-state index in [1.54, 1.807) is 18.2 Å². The molecule has 0 radical (unpaired) electrons. The third kappa shape index (κ3) is 4.88. The summed E-state index contributed by atoms with van der Waals surface area (Å²) in [6, 6.07) is 4.90. The summed E-state index contributed by atoms with van der Waals surface area (Å²) in [6.07, 6.45) is 0. The van der Waals surface area contributed by atoms with Crippen molar-refractivity contribution in [3.8, 4) is 11.5 Å². The van der Waals surface area contributed by atoms with Crippen LogP contribution in [-0.2, 0) is 15.0 Å². The van der Waals surface area contributed by atoms with E-state index >= 15 is 0 Å². The fourth-order valence-corrected chi connectivity index (χ4v) is 1.96. The van der Waals surface area contributed by atoms with E-state index in [1.165, 1.54) is 28.3 Å². The van der Waals surface area contributed by atoms with Gasteiger partial charge in [0.15, 0.2) is 0 Å². The van der Waals surface area contributed by atoms with Gasteiger partial charge in [0.25, 0.3) is 10.2 Å². The van der Waals surface area contributed by atoms with Crippen LogP contribution in [0.15, 0.2) is 18.2 Å². The van der Waals surface area contributed by atoms with Crippen LogP contribution in [0.5, 0.6) is 11.5 Å². The number of anilines is 1. The number of nitrogens with one attached hydrogen (secondary N) is 2. The van der Waals surface area contributed by atoms with Crippen LogP contribution in [0.3, 0.4) is 0 Å². The average molecular weight is 317 g/mol. The van der Waals surface area contributed by atoms with Crippen molar-refractivity contribution in [3.63, 3.8) is 0 Å². The predicted molar refractivity (Wildman–Crippen MR) is 78.8 cm³/mol. The minimum Gasteiger partial charge on any atom is -0.497 e. The number of carbonyl (C=O) groups is 1. The third-order valence-electron chi connectivity index (χ3n) is 2.58. The van der Waals surface area contributed by atoms with Crippen LogP contribution in [0.25, 0.3) is 0 Å². The first kappa shape index (κ1) is 17.2. The fourth-order valence-electron chi connectivity index (χ4n) is 1.39. The van der Waals surface area contributed by atoms with Gasteiger partial charge in [0.1, 0.15) is 11.5 Å². The number of ether oxygens (including phenoxy) is 2. The Labute approximate surface area is 124 Å². The van der Waals surface area contributed by atoms with Gasteiger partial charge in [-0.3, -0.25) is 4.79 Å². The molecule has 1 aromatic rings. The largest absolute Gasteiger partial charge is 0.497 e. The fraction of sp³-hybridized carbons (Fsp3) is 0.417. The molecular weight excluding hydrogens is 298 g/mol. The van der Waals surface area contributed by atoms with E-state index in [4.69, 9.17) is 9.47 Å². The SMILES string of the molecule is COc1ccc(OC)c(NC(=O)CNS(=O)(=O)N(C)C)c1. The number of hydrogen-bond donors (Lipinski definition) is 2. The van der Waals surface area contributed by atoms with E-state index < -0.39 is 16.1 Å². The second-order valence-corrected chi connectivity index (χ2v) is 6.19. The Hall–Kier alpha value is -1.84. The molecule has 2 N–H and O–H groups in total. The van der Waals surface area contributed by atoms with Crippen molar-refractivity contribution in [2.45, 2.75) is 0 Å². The van der Waals surface area contributed by atoms with Crippen LogP contribution in [0, 0.1) is 0 Å². The maximum atomic E-state index is 11.8. The molecule has 0 saturated heterocycles. The minimum absolute atomic E-state index is 0.388. The number of nitrogens with zero attached hydrogens (tertiary/aromatic N) is 1. The van der Waals surface area contributed by atoms with Crippen LogP contribution in [0.1, 0.15) is 0 Å². The van der Waals surface area contributed by atoms with Gasteiger partial charge in [0.05, 0.1) is 26.5 Å². The van der Waals surface area contributed by atoms with Gasteiger partial charge in [-0.25, -0.2) is 0 Å². The topological polar surface area (TPSA) is 97.0 Å². The summed E-state index contributed by atoms with van der Waals surface area (Å²) in [4.78, 5) is 11.8. The normalized spacial score (nSPS) is 11.3. The van der Waals surface area contributed by atoms with Gasteiger partial charge in [-0.2, -0.15) is 17.4 Å². The summed E-state index contributed by atoms with van der Waals surface area (Å²) in [6.45, 7) is -0.388. The molecule has 0 aliphatic rings. The Morgan fingerprint density at radius 3 is 2.43 bits per heavy atom. The second-order valence-electron chi connectivity index (χ2n) is 4.22. The number of methoxy groups -OCH3 is 2. The van der Waals surface area contributed by atoms with Crippen molar-refractivity contribution in [2.24, 2.45) is 0 Å². The molecule has 8 nitrogen and oxygen atoms in total. The van der Waals surface area contributed by atoms with Gasteiger partial charge >= 0.3 is 0 Å². The molecule has 0 heterocycles. The Kier molecular flexibility index (Phi) is 5.94. The molecule has 0 aromatic heterocycles. The Bertz CT molecular complexity index is 601. The van der Waals surface area contributed by atoms with Gasteiger partial charge in [-0.1, -0.05) is 0 Å². The lowest BCUT2D eigenvalue weighted by molar-refractivity contribution is -0.115. The lowest BCUT2D eigenvalue weighted by Gasteiger charge is -2.14. The number of carbonyl (C=O) groups excluding carboxylic acids is 1. The van der Waals surface area contributed by atoms with Crippen LogP contribution in [0.2, 0.25) is 0 Å². The van der Waals surface area contributed by atoms with Crippen molar-refractivity contribution in [1.29, 1.82) is 0 Å². The van der Waals surface area contributed by atoms with Crippen molar-refractivity contribution < 1.29 is 22.7 Å². The highest BCUT2D eigenvalue weighted by Crippen LogP contribution is 2.28. The first-order valence-corrected chi connectivity index (χ1v) is 7.43. The highest BCUT2D eigenvalue weighted by atomic mass is 32.2. The number of hydrogen-bond acceptors (Lipinski definition) is 5. The first-order valence-electron chi connectivity index (χ1n) is 5.99. The predicted octanol–water partition coefficient (Wildman–Crippen LogP) is 0.0383. The second kappa shape index (κ2) is 7.25. The van der Waals surface area contributed by atoms with Gasteiger partial charge < -0.3 is 14.8 Å². The molecule has 118 valence electrons. The van der Waals surface area contributed by atoms with Gasteiger partial charge in [-0.05, 0) is 12.1 Å². The van der Waals surface area contributed by atoms with E-state index in [0.717, 1.165) is 4.31 Å². The lowest BCUT2D eigenvalue weighted by Crippen LogP contribution is -2.40. The Balaban J connectivity index is 2.75. The zero-order valence-electron chi connectivity index (χ0n) is 12.3. The number of amides is 1. The highest BCUT2D eigenvalue weighted by molar-refractivity contribution is 7.87. The molecule has 0 unspecified atom stereocenters. The van der Waals surface area contributed by atoms with Crippen LogP contribution < -0.4 is 19.5 Å². The molecule has 0 saturated carbocycles. The zero-order chi connectivity index (χ0) is 16.0. The molecule has 9 heteroatoms. The molecular formula is C12H19N3O5S. The monoisotopic (exact) mass is 317 g/mol. The highest BCUT2D eigenvalue weighted by Gasteiger charge is 2.15. The van der Waals surface area contributed by atoms with Crippen LogP contribution in [-0.4, -0.2) is 53.5 Å². The quantitative estimate of drug-likeness (QED) is 0.740. The molecule has 0 aliphatic heterocycles. The minimum atomic E-state index is -3.65. The van der Waals surface area contributed by atoms with Crippen LogP contribution in [0.4, 0.5) is 5.69 Å². The maximum absolute atomic E-state index is 11.8. The summed E-state index contributed by atoms with van der Waals surface area (Å²) in [5.74, 6) is 0.464. The molecule has 0 aliphatic carbocycles. The summed E-state index contributed by atoms with van der Waals surface area (Å²) in [7, 11) is 2.05. The zero-order valence-corrected chi connectivity index (χ0v) is 13.2. The molecule has 0 atom stereocenters. The Morgan fingerprint density at radius 1 is 1.24 bits per heavy atom. The molecule has 1 aromatic carbocycles. The van der Waals surface area contributed by atoms with Crippen molar-refractivity contribution in [3.05, 3.63) is 18.2 Å². The van der Waals surface area contributed by atoms with Gasteiger partial charge in [0.2, 0.25) is 5.91 Å². The van der Waals surface area contributed by atoms with E-state index in [0.29, 0.717) is 17.2 Å². The standard InChI is InChI=1S/C12H19N3O5S/c1-15(2)21(17,18)13-8-12(16)14-10-7-9(19-3)5-6-11(10)20-4/h5-7,13H,8H2,1-4H3,(H,14,16). The van der Waals surface area contributed by atoms with Crippen molar-refractivity contribution >= 4 is 21.8 Å². The van der Waals surface area contributed by atoms with E-state index in [1.807, 2.05) is 0 Å². The molecule has 21 heavy (non-hydrogen) atoms. The maximum Gasteiger partial charge on any atom is 0.279 e. The number of rotatable bonds is 7. The molecule has 0 spiro atoms. The number of benzene rings is 1. The van der Waals surface area contributed by atoms with Gasteiger partial charge in [0, 0.05) is 20.2 Å². The Morgan fingerprint density at radius 2 is 1.90 bits per heavy atom. The molecule has 1 rings (SSSR count). The summed E-state index contributed by atoms with van der Waals surface area (Å²) < 4.78 is 36.3. The van der Waals surface area contributed by atoms with E-state index in [2.05, 4.69) is 10.0 Å².